The molecular formula is C15H14ClF2NO. The minimum atomic E-state index is -1.04. The Hall–Kier alpha value is -1.65. The summed E-state index contributed by atoms with van der Waals surface area (Å²) in [5.74, 6) is -1.94. The largest absolute Gasteiger partial charge is 0.453 e. The van der Waals surface area contributed by atoms with E-state index in [4.69, 9.17) is 22.1 Å². The van der Waals surface area contributed by atoms with E-state index in [2.05, 4.69) is 0 Å². The SMILES string of the molecule is CC(N)Cc1ccc(Oc2cccc(F)c2F)c(Cl)c1. The average molecular weight is 298 g/mol. The normalized spacial score (nSPS) is 12.2. The van der Waals surface area contributed by atoms with Gasteiger partial charge < -0.3 is 10.5 Å². The molecule has 1 unspecified atom stereocenters. The zero-order valence-electron chi connectivity index (χ0n) is 10.9. The summed E-state index contributed by atoms with van der Waals surface area (Å²) in [6.07, 6.45) is 0.675. The van der Waals surface area contributed by atoms with Crippen molar-refractivity contribution < 1.29 is 13.5 Å². The van der Waals surface area contributed by atoms with E-state index in [9.17, 15) is 8.78 Å². The van der Waals surface area contributed by atoms with Gasteiger partial charge in [0.05, 0.1) is 5.02 Å². The second-order valence-corrected chi connectivity index (χ2v) is 5.01. The molecule has 106 valence electrons. The summed E-state index contributed by atoms with van der Waals surface area (Å²) in [4.78, 5) is 0. The van der Waals surface area contributed by atoms with Crippen LogP contribution in [-0.2, 0) is 6.42 Å². The first-order chi connectivity index (χ1) is 9.47. The smallest absolute Gasteiger partial charge is 0.201 e. The van der Waals surface area contributed by atoms with Gasteiger partial charge in [-0.1, -0.05) is 23.7 Å². The lowest BCUT2D eigenvalue weighted by molar-refractivity contribution is 0.416. The average Bonchev–Trinajstić information content (AvgIpc) is 2.37. The molecule has 2 rings (SSSR count). The number of hydrogen-bond acceptors (Lipinski definition) is 2. The van der Waals surface area contributed by atoms with E-state index in [0.29, 0.717) is 11.4 Å². The molecular weight excluding hydrogens is 284 g/mol. The van der Waals surface area contributed by atoms with Crippen molar-refractivity contribution in [1.29, 1.82) is 0 Å². The first-order valence-corrected chi connectivity index (χ1v) is 6.51. The lowest BCUT2D eigenvalue weighted by Gasteiger charge is -2.11. The van der Waals surface area contributed by atoms with Crippen molar-refractivity contribution in [3.63, 3.8) is 0 Å². The van der Waals surface area contributed by atoms with E-state index in [1.165, 1.54) is 12.1 Å². The van der Waals surface area contributed by atoms with E-state index in [1.54, 1.807) is 18.2 Å². The molecule has 0 heterocycles. The van der Waals surface area contributed by atoms with Crippen molar-refractivity contribution in [3.8, 4) is 11.5 Å². The lowest BCUT2D eigenvalue weighted by atomic mass is 10.1. The minimum absolute atomic E-state index is 0.0125. The maximum Gasteiger partial charge on any atom is 0.201 e. The molecule has 0 aliphatic carbocycles. The Balaban J connectivity index is 2.24. The van der Waals surface area contributed by atoms with Gasteiger partial charge in [0, 0.05) is 6.04 Å². The lowest BCUT2D eigenvalue weighted by Crippen LogP contribution is -2.17. The summed E-state index contributed by atoms with van der Waals surface area (Å²) in [6, 6.07) is 8.86. The highest BCUT2D eigenvalue weighted by Gasteiger charge is 2.12. The minimum Gasteiger partial charge on any atom is -0.453 e. The van der Waals surface area contributed by atoms with Crippen LogP contribution in [0.15, 0.2) is 36.4 Å². The van der Waals surface area contributed by atoms with Crippen molar-refractivity contribution in [2.24, 2.45) is 5.73 Å². The Morgan fingerprint density at radius 1 is 1.20 bits per heavy atom. The first-order valence-electron chi connectivity index (χ1n) is 6.13. The van der Waals surface area contributed by atoms with Crippen LogP contribution >= 0.6 is 11.6 Å². The van der Waals surface area contributed by atoms with Crippen molar-refractivity contribution in [2.75, 3.05) is 0 Å². The number of halogens is 3. The summed E-state index contributed by atoms with van der Waals surface area (Å²) in [7, 11) is 0. The van der Waals surface area contributed by atoms with Crippen LogP contribution in [0.4, 0.5) is 8.78 Å². The molecule has 0 aliphatic heterocycles. The fourth-order valence-electron chi connectivity index (χ4n) is 1.81. The maximum atomic E-state index is 13.5. The van der Waals surface area contributed by atoms with E-state index >= 15 is 0 Å². The molecule has 0 bridgehead atoms. The number of nitrogens with two attached hydrogens (primary N) is 1. The molecule has 0 saturated carbocycles. The second kappa shape index (κ2) is 6.20. The van der Waals surface area contributed by atoms with Crippen molar-refractivity contribution >= 4 is 11.6 Å². The molecule has 0 radical (unpaired) electrons. The number of benzene rings is 2. The van der Waals surface area contributed by atoms with Gasteiger partial charge in [0.2, 0.25) is 5.82 Å². The monoisotopic (exact) mass is 297 g/mol. The van der Waals surface area contributed by atoms with Crippen molar-refractivity contribution in [2.45, 2.75) is 19.4 Å². The third-order valence-corrected chi connectivity index (χ3v) is 2.99. The number of ether oxygens (including phenoxy) is 1. The van der Waals surface area contributed by atoms with Gasteiger partial charge in [-0.15, -0.1) is 0 Å². The Morgan fingerprint density at radius 2 is 1.95 bits per heavy atom. The second-order valence-electron chi connectivity index (χ2n) is 4.60. The predicted octanol–water partition coefficient (Wildman–Crippen LogP) is 4.30. The highest BCUT2D eigenvalue weighted by molar-refractivity contribution is 6.32. The Morgan fingerprint density at radius 3 is 2.60 bits per heavy atom. The third kappa shape index (κ3) is 3.46. The standard InChI is InChI=1S/C15H14ClF2NO/c1-9(19)7-10-5-6-13(11(16)8-10)20-14-4-2-3-12(17)15(14)18/h2-6,8-9H,7,19H2,1H3. The van der Waals surface area contributed by atoms with Crippen molar-refractivity contribution in [1.82, 2.24) is 0 Å². The van der Waals surface area contributed by atoms with Crippen LogP contribution in [-0.4, -0.2) is 6.04 Å². The van der Waals surface area contributed by atoms with Gasteiger partial charge in [-0.3, -0.25) is 0 Å². The van der Waals surface area contributed by atoms with Crippen LogP contribution in [0, 0.1) is 11.6 Å². The number of rotatable bonds is 4. The molecule has 1 atom stereocenters. The summed E-state index contributed by atoms with van der Waals surface area (Å²) >= 11 is 6.07. The van der Waals surface area contributed by atoms with Gasteiger partial charge in [0.25, 0.3) is 0 Å². The molecule has 0 fully saturated rings. The molecule has 2 nitrogen and oxygen atoms in total. The highest BCUT2D eigenvalue weighted by atomic mass is 35.5. The van der Waals surface area contributed by atoms with Crippen LogP contribution in [0.3, 0.4) is 0 Å². The van der Waals surface area contributed by atoms with Crippen LogP contribution < -0.4 is 10.5 Å². The fourth-order valence-corrected chi connectivity index (χ4v) is 2.05. The van der Waals surface area contributed by atoms with Crippen LogP contribution in [0.2, 0.25) is 5.02 Å². The molecule has 5 heteroatoms. The van der Waals surface area contributed by atoms with Crippen LogP contribution in [0.5, 0.6) is 11.5 Å². The Labute approximate surface area is 121 Å². The van der Waals surface area contributed by atoms with Gasteiger partial charge in [-0.25, -0.2) is 4.39 Å². The van der Waals surface area contributed by atoms with Gasteiger partial charge in [-0.2, -0.15) is 4.39 Å². The van der Waals surface area contributed by atoms with E-state index < -0.39 is 11.6 Å². The summed E-state index contributed by atoms with van der Waals surface area (Å²) in [6.45, 7) is 1.89. The first kappa shape index (κ1) is 14.8. The highest BCUT2D eigenvalue weighted by Crippen LogP contribution is 2.32. The molecule has 2 N–H and O–H groups in total. The Kier molecular flexibility index (Phi) is 4.57. The maximum absolute atomic E-state index is 13.5. The van der Waals surface area contributed by atoms with Crippen molar-refractivity contribution in [3.05, 3.63) is 58.6 Å². The number of hydrogen-bond donors (Lipinski definition) is 1. The topological polar surface area (TPSA) is 35.2 Å². The third-order valence-electron chi connectivity index (χ3n) is 2.69. The van der Waals surface area contributed by atoms with Gasteiger partial charge >= 0.3 is 0 Å². The fraction of sp³-hybridized carbons (Fsp3) is 0.200. The molecule has 0 spiro atoms. The van der Waals surface area contributed by atoms with Gasteiger partial charge in [0.1, 0.15) is 5.75 Å². The molecule has 20 heavy (non-hydrogen) atoms. The van der Waals surface area contributed by atoms with Gasteiger partial charge in [-0.05, 0) is 43.2 Å². The quantitative estimate of drug-likeness (QED) is 0.913. The molecule has 2 aromatic carbocycles. The molecule has 2 aromatic rings. The Bertz CT molecular complexity index is 617. The molecule has 0 aromatic heterocycles. The summed E-state index contributed by atoms with van der Waals surface area (Å²) in [5, 5.41) is 0.326. The zero-order chi connectivity index (χ0) is 14.7. The summed E-state index contributed by atoms with van der Waals surface area (Å²) in [5.41, 5.74) is 6.66. The van der Waals surface area contributed by atoms with Gasteiger partial charge in [0.15, 0.2) is 11.6 Å². The molecule has 0 saturated heterocycles. The van der Waals surface area contributed by atoms with Crippen LogP contribution in [0.1, 0.15) is 12.5 Å². The molecule has 0 aliphatic rings. The van der Waals surface area contributed by atoms with E-state index in [-0.39, 0.29) is 17.5 Å². The summed E-state index contributed by atoms with van der Waals surface area (Å²) < 4.78 is 31.9. The van der Waals surface area contributed by atoms with Crippen LogP contribution in [0.25, 0.3) is 0 Å². The predicted molar refractivity (Wildman–Crippen MR) is 75.2 cm³/mol. The zero-order valence-corrected chi connectivity index (χ0v) is 11.6. The molecule has 0 amide bonds. The van der Waals surface area contributed by atoms with E-state index in [1.807, 2.05) is 6.92 Å². The van der Waals surface area contributed by atoms with E-state index in [0.717, 1.165) is 11.6 Å².